The van der Waals surface area contributed by atoms with Gasteiger partial charge in [0.25, 0.3) is 5.91 Å². The van der Waals surface area contributed by atoms with Crippen LogP contribution in [0.5, 0.6) is 0 Å². The Hall–Kier alpha value is -1.36. The number of carbonyl (C=O) groups is 1. The summed E-state index contributed by atoms with van der Waals surface area (Å²) in [5, 5.41) is 8.93. The molecule has 0 radical (unpaired) electrons. The molecule has 0 atom stereocenters. The summed E-state index contributed by atoms with van der Waals surface area (Å²) in [5.41, 5.74) is 3.18. The fourth-order valence-corrected chi connectivity index (χ4v) is 3.49. The smallest absolute Gasteiger partial charge is 0.251 e. The number of nitrogens with one attached hydrogen (secondary N) is 2. The van der Waals surface area contributed by atoms with Crippen molar-refractivity contribution in [1.29, 1.82) is 0 Å². The zero-order valence-corrected chi connectivity index (χ0v) is 12.5. The van der Waals surface area contributed by atoms with Gasteiger partial charge in [-0.05, 0) is 41.6 Å². The molecule has 1 aromatic heterocycles. The molecule has 1 amide bonds. The van der Waals surface area contributed by atoms with Crippen molar-refractivity contribution in [2.24, 2.45) is 0 Å². The number of amides is 1. The lowest BCUT2D eigenvalue weighted by Gasteiger charge is -2.19. The third-order valence-corrected chi connectivity index (χ3v) is 4.87. The predicted octanol–water partition coefficient (Wildman–Crippen LogP) is 2.98. The van der Waals surface area contributed by atoms with Crippen LogP contribution in [0.15, 0.2) is 29.6 Å². The van der Waals surface area contributed by atoms with Gasteiger partial charge in [-0.1, -0.05) is 23.7 Å². The normalized spacial score (nSPS) is 13.8. The van der Waals surface area contributed by atoms with E-state index in [1.54, 1.807) is 11.3 Å². The summed E-state index contributed by atoms with van der Waals surface area (Å²) in [7, 11) is 0. The third kappa shape index (κ3) is 2.73. The lowest BCUT2D eigenvalue weighted by molar-refractivity contribution is 0.0950. The van der Waals surface area contributed by atoms with E-state index in [4.69, 9.17) is 11.6 Å². The second kappa shape index (κ2) is 5.95. The zero-order valence-electron chi connectivity index (χ0n) is 10.9. The SMILES string of the molecule is O=C(NCc1sccc1Cl)c1cccc2c1CCNC2. The van der Waals surface area contributed by atoms with Gasteiger partial charge in [0.05, 0.1) is 11.6 Å². The average molecular weight is 307 g/mol. The highest BCUT2D eigenvalue weighted by molar-refractivity contribution is 7.10. The van der Waals surface area contributed by atoms with Crippen LogP contribution >= 0.6 is 22.9 Å². The summed E-state index contributed by atoms with van der Waals surface area (Å²) in [6.45, 7) is 2.25. The second-order valence-corrected chi connectivity index (χ2v) is 6.15. The Morgan fingerprint density at radius 2 is 2.30 bits per heavy atom. The molecule has 0 fully saturated rings. The highest BCUT2D eigenvalue weighted by Crippen LogP contribution is 2.22. The summed E-state index contributed by atoms with van der Waals surface area (Å²) < 4.78 is 0. The van der Waals surface area contributed by atoms with Crippen molar-refractivity contribution in [1.82, 2.24) is 10.6 Å². The molecule has 2 heterocycles. The minimum Gasteiger partial charge on any atom is -0.347 e. The quantitative estimate of drug-likeness (QED) is 0.915. The van der Waals surface area contributed by atoms with Gasteiger partial charge in [0.15, 0.2) is 0 Å². The van der Waals surface area contributed by atoms with Crippen LogP contribution in [-0.2, 0) is 19.5 Å². The molecule has 0 bridgehead atoms. The highest BCUT2D eigenvalue weighted by atomic mass is 35.5. The molecule has 0 spiro atoms. The van der Waals surface area contributed by atoms with Crippen molar-refractivity contribution in [3.8, 4) is 0 Å². The number of rotatable bonds is 3. The maximum Gasteiger partial charge on any atom is 0.251 e. The van der Waals surface area contributed by atoms with Gasteiger partial charge in [0.2, 0.25) is 0 Å². The number of benzene rings is 1. The predicted molar refractivity (Wildman–Crippen MR) is 82.4 cm³/mol. The van der Waals surface area contributed by atoms with Gasteiger partial charge >= 0.3 is 0 Å². The topological polar surface area (TPSA) is 41.1 Å². The van der Waals surface area contributed by atoms with E-state index in [-0.39, 0.29) is 5.91 Å². The zero-order chi connectivity index (χ0) is 13.9. The third-order valence-electron chi connectivity index (χ3n) is 3.49. The fourth-order valence-electron chi connectivity index (χ4n) is 2.45. The average Bonchev–Trinajstić information content (AvgIpc) is 2.89. The first-order valence-corrected chi connectivity index (χ1v) is 7.83. The minimum absolute atomic E-state index is 0.0202. The molecule has 3 nitrogen and oxygen atoms in total. The Morgan fingerprint density at radius 1 is 1.40 bits per heavy atom. The second-order valence-electron chi connectivity index (χ2n) is 4.74. The summed E-state index contributed by atoms with van der Waals surface area (Å²) in [5.74, 6) is -0.0202. The van der Waals surface area contributed by atoms with Gasteiger partial charge in [-0.2, -0.15) is 0 Å². The molecule has 0 saturated carbocycles. The van der Waals surface area contributed by atoms with Gasteiger partial charge in [-0.15, -0.1) is 11.3 Å². The Bertz CT molecular complexity index is 639. The van der Waals surface area contributed by atoms with Crippen LogP contribution in [0.1, 0.15) is 26.4 Å². The van der Waals surface area contributed by atoms with Gasteiger partial charge in [0.1, 0.15) is 0 Å². The highest BCUT2D eigenvalue weighted by Gasteiger charge is 2.17. The molecule has 1 aliphatic heterocycles. The molecule has 0 unspecified atom stereocenters. The van der Waals surface area contributed by atoms with Crippen LogP contribution in [0.25, 0.3) is 0 Å². The van der Waals surface area contributed by atoms with Crippen LogP contribution < -0.4 is 10.6 Å². The van der Waals surface area contributed by atoms with E-state index in [0.29, 0.717) is 6.54 Å². The molecule has 2 N–H and O–H groups in total. The minimum atomic E-state index is -0.0202. The van der Waals surface area contributed by atoms with Gasteiger partial charge in [-0.3, -0.25) is 4.79 Å². The van der Waals surface area contributed by atoms with Crippen LogP contribution in [0.4, 0.5) is 0 Å². The molecule has 20 heavy (non-hydrogen) atoms. The monoisotopic (exact) mass is 306 g/mol. The molecule has 0 saturated heterocycles. The standard InChI is InChI=1S/C15H15ClN2OS/c16-13-5-7-20-14(13)9-18-15(19)12-3-1-2-10-8-17-6-4-11(10)12/h1-3,5,7,17H,4,6,8-9H2,(H,18,19). The molecule has 1 aliphatic rings. The van der Waals surface area contributed by atoms with E-state index in [1.165, 1.54) is 11.1 Å². The van der Waals surface area contributed by atoms with E-state index in [9.17, 15) is 4.79 Å². The number of hydrogen-bond donors (Lipinski definition) is 2. The van der Waals surface area contributed by atoms with Crippen LogP contribution in [-0.4, -0.2) is 12.5 Å². The molecule has 5 heteroatoms. The van der Waals surface area contributed by atoms with Crippen molar-refractivity contribution in [2.75, 3.05) is 6.54 Å². The van der Waals surface area contributed by atoms with Gasteiger partial charge in [0, 0.05) is 17.0 Å². The van der Waals surface area contributed by atoms with E-state index in [0.717, 1.165) is 35.0 Å². The van der Waals surface area contributed by atoms with E-state index in [2.05, 4.69) is 16.7 Å². The van der Waals surface area contributed by atoms with Crippen molar-refractivity contribution < 1.29 is 4.79 Å². The molecule has 2 aromatic rings. The Kier molecular flexibility index (Phi) is 4.05. The van der Waals surface area contributed by atoms with E-state index in [1.807, 2.05) is 23.6 Å². The van der Waals surface area contributed by atoms with Crippen LogP contribution in [0.2, 0.25) is 5.02 Å². The van der Waals surface area contributed by atoms with E-state index < -0.39 is 0 Å². The Balaban J connectivity index is 1.76. The molecular formula is C15H15ClN2OS. The largest absolute Gasteiger partial charge is 0.347 e. The first-order chi connectivity index (χ1) is 9.75. The molecule has 0 aliphatic carbocycles. The van der Waals surface area contributed by atoms with E-state index >= 15 is 0 Å². The lowest BCUT2D eigenvalue weighted by atomic mass is 9.95. The Morgan fingerprint density at radius 3 is 3.10 bits per heavy atom. The molecule has 104 valence electrons. The summed E-state index contributed by atoms with van der Waals surface area (Å²) in [6, 6.07) is 7.77. The summed E-state index contributed by atoms with van der Waals surface area (Å²) in [6.07, 6.45) is 0.901. The number of thiophene rings is 1. The number of hydrogen-bond acceptors (Lipinski definition) is 3. The fraction of sp³-hybridized carbons (Fsp3) is 0.267. The van der Waals surface area contributed by atoms with Gasteiger partial charge in [-0.25, -0.2) is 0 Å². The maximum absolute atomic E-state index is 12.4. The lowest BCUT2D eigenvalue weighted by Crippen LogP contribution is -2.29. The first-order valence-electron chi connectivity index (χ1n) is 6.57. The molecule has 1 aromatic carbocycles. The summed E-state index contributed by atoms with van der Waals surface area (Å²) in [4.78, 5) is 13.3. The number of carbonyl (C=O) groups excluding carboxylic acids is 1. The van der Waals surface area contributed by atoms with Crippen molar-refractivity contribution in [2.45, 2.75) is 19.5 Å². The number of halogens is 1. The van der Waals surface area contributed by atoms with Crippen molar-refractivity contribution >= 4 is 28.8 Å². The van der Waals surface area contributed by atoms with Gasteiger partial charge < -0.3 is 10.6 Å². The van der Waals surface area contributed by atoms with Crippen LogP contribution in [0.3, 0.4) is 0 Å². The summed E-state index contributed by atoms with van der Waals surface area (Å²) >= 11 is 7.59. The number of fused-ring (bicyclic) bond motifs is 1. The van der Waals surface area contributed by atoms with Crippen molar-refractivity contribution in [3.63, 3.8) is 0 Å². The Labute approximate surface area is 127 Å². The maximum atomic E-state index is 12.4. The molecule has 3 rings (SSSR count). The van der Waals surface area contributed by atoms with Crippen molar-refractivity contribution in [3.05, 3.63) is 56.2 Å². The first kappa shape index (κ1) is 13.6. The molecular weight excluding hydrogens is 292 g/mol. The van der Waals surface area contributed by atoms with Crippen LogP contribution in [0, 0.1) is 0 Å².